The van der Waals surface area contributed by atoms with Crippen LogP contribution < -0.4 is 10.6 Å². The number of nitrogens with one attached hydrogen (secondary N) is 2. The van der Waals surface area contributed by atoms with E-state index in [1.165, 1.54) is 4.88 Å². The molecule has 6 nitrogen and oxygen atoms in total. The van der Waals surface area contributed by atoms with E-state index in [0.29, 0.717) is 13.1 Å². The molecule has 0 saturated carbocycles. The molecule has 2 aromatic rings. The van der Waals surface area contributed by atoms with Crippen LogP contribution in [0.15, 0.2) is 34.0 Å². The van der Waals surface area contributed by atoms with Gasteiger partial charge in [0.15, 0.2) is 5.96 Å². The van der Waals surface area contributed by atoms with Gasteiger partial charge in [0.25, 0.3) is 0 Å². The molecule has 0 aliphatic heterocycles. The monoisotopic (exact) mass is 449 g/mol. The second-order valence-corrected chi connectivity index (χ2v) is 6.49. The van der Waals surface area contributed by atoms with Crippen LogP contribution in [-0.2, 0) is 6.54 Å². The Hall–Kier alpha value is -1.13. The SMILES string of the molecule is CN=C(NCc1ncc(C)s1)NCC(c1ccco1)N(C)C.I. The molecule has 0 radical (unpaired) electrons. The first-order chi connectivity index (χ1) is 10.6. The van der Waals surface area contributed by atoms with Crippen molar-refractivity contribution in [1.82, 2.24) is 20.5 Å². The molecule has 0 aliphatic rings. The molecule has 0 bridgehead atoms. The summed E-state index contributed by atoms with van der Waals surface area (Å²) < 4.78 is 5.50. The van der Waals surface area contributed by atoms with Crippen LogP contribution in [-0.4, -0.2) is 43.5 Å². The van der Waals surface area contributed by atoms with Crippen molar-refractivity contribution < 1.29 is 4.42 Å². The Kier molecular flexibility index (Phi) is 8.56. The molecule has 2 aromatic heterocycles. The Morgan fingerprint density at radius 3 is 2.74 bits per heavy atom. The van der Waals surface area contributed by atoms with Crippen LogP contribution in [0.3, 0.4) is 0 Å². The van der Waals surface area contributed by atoms with Gasteiger partial charge in [-0.15, -0.1) is 35.3 Å². The number of hydrogen-bond acceptors (Lipinski definition) is 5. The summed E-state index contributed by atoms with van der Waals surface area (Å²) in [6, 6.07) is 4.04. The summed E-state index contributed by atoms with van der Waals surface area (Å²) in [7, 11) is 5.83. The van der Waals surface area contributed by atoms with Crippen LogP contribution in [0.2, 0.25) is 0 Å². The van der Waals surface area contributed by atoms with Crippen LogP contribution in [0.25, 0.3) is 0 Å². The lowest BCUT2D eigenvalue weighted by atomic mass is 10.2. The predicted molar refractivity (Wildman–Crippen MR) is 106 cm³/mol. The minimum Gasteiger partial charge on any atom is -0.468 e. The van der Waals surface area contributed by atoms with E-state index in [9.17, 15) is 0 Å². The van der Waals surface area contributed by atoms with Crippen molar-refractivity contribution >= 4 is 41.3 Å². The van der Waals surface area contributed by atoms with E-state index in [1.54, 1.807) is 24.6 Å². The highest BCUT2D eigenvalue weighted by Crippen LogP contribution is 2.17. The molecule has 0 aromatic carbocycles. The van der Waals surface area contributed by atoms with Gasteiger partial charge in [-0.1, -0.05) is 0 Å². The maximum atomic E-state index is 5.50. The lowest BCUT2D eigenvalue weighted by Crippen LogP contribution is -2.41. The molecule has 0 saturated heterocycles. The normalized spacial score (nSPS) is 12.8. The first-order valence-corrected chi connectivity index (χ1v) is 7.97. The van der Waals surface area contributed by atoms with E-state index in [4.69, 9.17) is 4.42 Å². The van der Waals surface area contributed by atoms with Gasteiger partial charge in [0.2, 0.25) is 0 Å². The van der Waals surface area contributed by atoms with Crippen molar-refractivity contribution in [2.24, 2.45) is 4.99 Å². The van der Waals surface area contributed by atoms with Crippen LogP contribution in [0.4, 0.5) is 0 Å². The molecule has 1 atom stereocenters. The summed E-state index contributed by atoms with van der Waals surface area (Å²) in [5.74, 6) is 1.69. The number of aryl methyl sites for hydroxylation is 1. The molecule has 0 spiro atoms. The lowest BCUT2D eigenvalue weighted by Gasteiger charge is -2.23. The minimum absolute atomic E-state index is 0. The van der Waals surface area contributed by atoms with Gasteiger partial charge in [0, 0.05) is 24.7 Å². The number of aliphatic imine (C=N–C) groups is 1. The molecule has 8 heteroatoms. The Bertz CT molecular complexity index is 597. The van der Waals surface area contributed by atoms with Crippen LogP contribution in [0.1, 0.15) is 21.7 Å². The molecule has 23 heavy (non-hydrogen) atoms. The van der Waals surface area contributed by atoms with Crippen molar-refractivity contribution in [2.75, 3.05) is 27.7 Å². The molecule has 128 valence electrons. The van der Waals surface area contributed by atoms with Gasteiger partial charge in [0.1, 0.15) is 10.8 Å². The lowest BCUT2D eigenvalue weighted by molar-refractivity contribution is 0.258. The van der Waals surface area contributed by atoms with Crippen molar-refractivity contribution in [3.63, 3.8) is 0 Å². The zero-order valence-electron chi connectivity index (χ0n) is 13.9. The van der Waals surface area contributed by atoms with E-state index in [0.717, 1.165) is 16.7 Å². The zero-order chi connectivity index (χ0) is 15.9. The van der Waals surface area contributed by atoms with E-state index in [-0.39, 0.29) is 30.0 Å². The number of rotatable bonds is 6. The largest absolute Gasteiger partial charge is 0.468 e. The highest BCUT2D eigenvalue weighted by molar-refractivity contribution is 14.0. The second kappa shape index (κ2) is 9.89. The Labute approximate surface area is 158 Å². The Morgan fingerprint density at radius 2 is 2.22 bits per heavy atom. The number of likely N-dealkylation sites (N-methyl/N-ethyl adjacent to an activating group) is 1. The van der Waals surface area contributed by atoms with Gasteiger partial charge in [-0.25, -0.2) is 4.98 Å². The number of nitrogens with zero attached hydrogens (tertiary/aromatic N) is 3. The summed E-state index contributed by atoms with van der Waals surface area (Å²) in [6.45, 7) is 3.43. The third kappa shape index (κ3) is 6.11. The molecule has 2 rings (SSSR count). The number of guanidine groups is 1. The van der Waals surface area contributed by atoms with E-state index in [1.807, 2.05) is 32.4 Å². The average Bonchev–Trinajstić information content (AvgIpc) is 3.14. The van der Waals surface area contributed by atoms with Gasteiger partial charge in [-0.3, -0.25) is 9.89 Å². The fourth-order valence-corrected chi connectivity index (χ4v) is 2.80. The minimum atomic E-state index is 0. The van der Waals surface area contributed by atoms with Gasteiger partial charge in [0.05, 0.1) is 18.8 Å². The summed E-state index contributed by atoms with van der Waals surface area (Å²) in [5.41, 5.74) is 0. The molecular weight excluding hydrogens is 425 g/mol. The van der Waals surface area contributed by atoms with Gasteiger partial charge >= 0.3 is 0 Å². The van der Waals surface area contributed by atoms with Gasteiger partial charge in [-0.05, 0) is 33.2 Å². The van der Waals surface area contributed by atoms with Crippen molar-refractivity contribution in [2.45, 2.75) is 19.5 Å². The molecule has 0 fully saturated rings. The quantitative estimate of drug-likeness (QED) is 0.403. The van der Waals surface area contributed by atoms with Gasteiger partial charge in [-0.2, -0.15) is 0 Å². The smallest absolute Gasteiger partial charge is 0.191 e. The third-order valence-electron chi connectivity index (χ3n) is 3.26. The summed E-state index contributed by atoms with van der Waals surface area (Å²) in [6.07, 6.45) is 3.58. The topological polar surface area (TPSA) is 65.7 Å². The maximum absolute atomic E-state index is 5.50. The second-order valence-electron chi connectivity index (χ2n) is 5.17. The molecular formula is C15H24IN5OS. The summed E-state index contributed by atoms with van der Waals surface area (Å²) in [5, 5.41) is 7.66. The average molecular weight is 449 g/mol. The predicted octanol–water partition coefficient (Wildman–Crippen LogP) is 2.63. The van der Waals surface area contributed by atoms with Crippen molar-refractivity contribution in [1.29, 1.82) is 0 Å². The fraction of sp³-hybridized carbons (Fsp3) is 0.467. The van der Waals surface area contributed by atoms with Crippen LogP contribution in [0, 0.1) is 6.92 Å². The van der Waals surface area contributed by atoms with E-state index < -0.39 is 0 Å². The van der Waals surface area contributed by atoms with Crippen LogP contribution in [0.5, 0.6) is 0 Å². The molecule has 2 heterocycles. The van der Waals surface area contributed by atoms with E-state index in [2.05, 4.69) is 32.4 Å². The van der Waals surface area contributed by atoms with E-state index >= 15 is 0 Å². The molecule has 0 amide bonds. The highest BCUT2D eigenvalue weighted by Gasteiger charge is 2.17. The van der Waals surface area contributed by atoms with Crippen molar-refractivity contribution in [3.05, 3.63) is 40.2 Å². The standard InChI is InChI=1S/C15H23N5OS.HI/c1-11-8-17-14(22-11)10-19-15(16-2)18-9-12(20(3)4)13-6-5-7-21-13;/h5-8,12H,9-10H2,1-4H3,(H2,16,18,19);1H. The number of hydrogen-bond donors (Lipinski definition) is 2. The molecule has 2 N–H and O–H groups in total. The van der Waals surface area contributed by atoms with Crippen LogP contribution >= 0.6 is 35.3 Å². The number of furan rings is 1. The maximum Gasteiger partial charge on any atom is 0.191 e. The fourth-order valence-electron chi connectivity index (χ4n) is 2.07. The van der Waals surface area contributed by atoms with Gasteiger partial charge < -0.3 is 15.1 Å². The number of halogens is 1. The zero-order valence-corrected chi connectivity index (χ0v) is 17.0. The Morgan fingerprint density at radius 1 is 1.43 bits per heavy atom. The third-order valence-corrected chi connectivity index (χ3v) is 4.17. The first kappa shape index (κ1) is 19.9. The molecule has 1 unspecified atom stereocenters. The number of thiazole rings is 1. The van der Waals surface area contributed by atoms with Crippen molar-refractivity contribution in [3.8, 4) is 0 Å². The summed E-state index contributed by atoms with van der Waals surface area (Å²) in [4.78, 5) is 11.9. The summed E-state index contributed by atoms with van der Waals surface area (Å²) >= 11 is 1.69. The first-order valence-electron chi connectivity index (χ1n) is 7.15. The Balaban J connectivity index is 0.00000264. The number of aromatic nitrogens is 1. The highest BCUT2D eigenvalue weighted by atomic mass is 127. The molecule has 0 aliphatic carbocycles.